The number of nitrogens with zero attached hydrogens (tertiary/aromatic N) is 1. The first-order chi connectivity index (χ1) is 20.3. The molecule has 1 fully saturated rings. The molecule has 5 aromatic rings. The number of hydrogen-bond donors (Lipinski definition) is 2. The fourth-order valence-electron chi connectivity index (χ4n) is 6.17. The number of hydrogen-bond acceptors (Lipinski definition) is 3. The molecule has 1 aliphatic rings. The minimum absolute atomic E-state index is 0.0349. The van der Waals surface area contributed by atoms with Gasteiger partial charge in [-0.3, -0.25) is 14.2 Å². The number of fused-ring (bicyclic) bond motifs is 2. The molecule has 0 saturated carbocycles. The molecule has 5 aromatic carbocycles. The van der Waals surface area contributed by atoms with Crippen LogP contribution in [-0.4, -0.2) is 39.5 Å². The fraction of sp³-hybridized carbons (Fsp3) is 0.200. The Morgan fingerprint density at radius 1 is 0.786 bits per heavy atom. The highest BCUT2D eigenvalue weighted by Gasteiger charge is 2.40. The normalized spacial score (nSPS) is 16.1. The molecule has 0 radical (unpaired) electrons. The van der Waals surface area contributed by atoms with Crippen molar-refractivity contribution >= 4 is 40.8 Å². The minimum Gasteiger partial charge on any atom is -0.338 e. The van der Waals surface area contributed by atoms with E-state index in [0.717, 1.165) is 35.4 Å². The van der Waals surface area contributed by atoms with Gasteiger partial charge in [-0.15, -0.1) is 0 Å². The van der Waals surface area contributed by atoms with Crippen molar-refractivity contribution in [2.45, 2.75) is 24.9 Å². The van der Waals surface area contributed by atoms with E-state index in [1.807, 2.05) is 60.7 Å². The minimum atomic E-state index is -4.98. The number of carbonyl (C=O) groups excluding carboxylic acids is 2. The first kappa shape index (κ1) is 28.0. The third-order valence-electron chi connectivity index (χ3n) is 8.34. The second-order valence-corrected chi connectivity index (χ2v) is 12.8. The molecule has 2 unspecified atom stereocenters. The zero-order valence-corrected chi connectivity index (χ0v) is 24.0. The third kappa shape index (κ3) is 5.66. The Morgan fingerprint density at radius 3 is 2.12 bits per heavy atom. The molecule has 1 heterocycles. The summed E-state index contributed by atoms with van der Waals surface area (Å²) in [6, 6.07) is 33.3. The Balaban J connectivity index is 1.37. The summed E-state index contributed by atoms with van der Waals surface area (Å²) in [4.78, 5) is 51.2. The van der Waals surface area contributed by atoms with Gasteiger partial charge in [0.1, 0.15) is 5.66 Å². The number of amides is 1. The number of ketones is 1. The lowest BCUT2D eigenvalue weighted by Gasteiger charge is -2.23. The summed E-state index contributed by atoms with van der Waals surface area (Å²) >= 11 is 0. The quantitative estimate of drug-likeness (QED) is 0.150. The molecule has 1 saturated heterocycles. The SMILES string of the molecule is O=C(c1cc2ccccc2cc1C(=O)N1CCC(CCc2ccccc2)C1)C(c1cccc2ccccc12)P(=O)(O)O. The Morgan fingerprint density at radius 2 is 1.40 bits per heavy atom. The number of likely N-dealkylation sites (tertiary alicyclic amines) is 1. The predicted octanol–water partition coefficient (Wildman–Crippen LogP) is 7.19. The standard InChI is InChI=1S/C35H32NO5P/c37-33(34(42(39,40)41)30-16-8-14-26-11-6-7-15-29(26)30)31-21-27-12-4-5-13-28(27)22-32(31)35(38)36-20-19-25(23-36)18-17-24-9-2-1-3-10-24/h1-16,21-22,25,34H,17-20,23H2,(H2,39,40,41). The Bertz CT molecular complexity index is 1820. The van der Waals surface area contributed by atoms with Crippen molar-refractivity contribution in [3.05, 3.63) is 131 Å². The molecule has 6 nitrogen and oxygen atoms in total. The van der Waals surface area contributed by atoms with Gasteiger partial charge in [-0.25, -0.2) is 0 Å². The van der Waals surface area contributed by atoms with Crippen LogP contribution in [0.4, 0.5) is 0 Å². The number of rotatable bonds is 8. The van der Waals surface area contributed by atoms with Crippen molar-refractivity contribution in [2.24, 2.45) is 5.92 Å². The van der Waals surface area contributed by atoms with E-state index in [2.05, 4.69) is 12.1 Å². The topological polar surface area (TPSA) is 94.9 Å². The molecule has 0 aromatic heterocycles. The zero-order valence-electron chi connectivity index (χ0n) is 23.1. The molecule has 1 aliphatic heterocycles. The molecule has 0 aliphatic carbocycles. The van der Waals surface area contributed by atoms with Crippen LogP contribution < -0.4 is 0 Å². The first-order valence-corrected chi connectivity index (χ1v) is 15.9. The Kier molecular flexibility index (Phi) is 7.78. The van der Waals surface area contributed by atoms with Crippen LogP contribution in [0.1, 0.15) is 50.3 Å². The molecule has 2 N–H and O–H groups in total. The monoisotopic (exact) mass is 577 g/mol. The zero-order chi connectivity index (χ0) is 29.3. The van der Waals surface area contributed by atoms with Crippen LogP contribution >= 0.6 is 7.60 Å². The van der Waals surface area contributed by atoms with E-state index in [9.17, 15) is 23.9 Å². The maximum absolute atomic E-state index is 14.3. The second kappa shape index (κ2) is 11.7. The van der Waals surface area contributed by atoms with E-state index in [1.54, 1.807) is 41.3 Å². The van der Waals surface area contributed by atoms with Crippen molar-refractivity contribution in [3.8, 4) is 0 Å². The van der Waals surface area contributed by atoms with Gasteiger partial charge in [0.15, 0.2) is 5.78 Å². The fourth-order valence-corrected chi connectivity index (χ4v) is 7.20. The Hall–Kier alpha value is -4.09. The van der Waals surface area contributed by atoms with Gasteiger partial charge < -0.3 is 14.7 Å². The van der Waals surface area contributed by atoms with Crippen molar-refractivity contribution in [1.82, 2.24) is 4.90 Å². The van der Waals surface area contributed by atoms with Gasteiger partial charge in [0.2, 0.25) is 0 Å². The van der Waals surface area contributed by atoms with Crippen molar-refractivity contribution in [1.29, 1.82) is 0 Å². The molecular weight excluding hydrogens is 545 g/mol. The summed E-state index contributed by atoms with van der Waals surface area (Å²) in [6.07, 6.45) is 2.76. The van der Waals surface area contributed by atoms with Crippen LogP contribution in [0.15, 0.2) is 109 Å². The highest BCUT2D eigenvalue weighted by atomic mass is 31.2. The van der Waals surface area contributed by atoms with Crippen LogP contribution in [0, 0.1) is 5.92 Å². The molecule has 6 rings (SSSR count). The van der Waals surface area contributed by atoms with E-state index in [0.29, 0.717) is 24.4 Å². The Labute approximate surface area is 244 Å². The van der Waals surface area contributed by atoms with E-state index in [1.165, 1.54) is 5.56 Å². The van der Waals surface area contributed by atoms with Gasteiger partial charge in [0, 0.05) is 18.7 Å². The van der Waals surface area contributed by atoms with Crippen molar-refractivity contribution < 1.29 is 23.9 Å². The van der Waals surface area contributed by atoms with Gasteiger partial charge in [0.25, 0.3) is 5.91 Å². The highest BCUT2D eigenvalue weighted by Crippen LogP contribution is 2.55. The number of benzene rings is 5. The number of carbonyl (C=O) groups is 2. The summed E-state index contributed by atoms with van der Waals surface area (Å²) in [5, 5.41) is 2.88. The summed E-state index contributed by atoms with van der Waals surface area (Å²) in [7, 11) is -4.98. The third-order valence-corrected chi connectivity index (χ3v) is 9.53. The predicted molar refractivity (Wildman–Crippen MR) is 166 cm³/mol. The smallest absolute Gasteiger partial charge is 0.338 e. The van der Waals surface area contributed by atoms with Gasteiger partial charge in [-0.05, 0) is 70.0 Å². The molecule has 1 amide bonds. The van der Waals surface area contributed by atoms with Crippen LogP contribution in [0.3, 0.4) is 0 Å². The van der Waals surface area contributed by atoms with Crippen LogP contribution in [-0.2, 0) is 11.0 Å². The van der Waals surface area contributed by atoms with E-state index in [-0.39, 0.29) is 22.6 Å². The number of Topliss-reactive ketones (excluding diaryl/α,β-unsaturated/α-hetero) is 1. The number of aryl methyl sites for hydroxylation is 1. The molecule has 7 heteroatoms. The maximum atomic E-state index is 14.3. The van der Waals surface area contributed by atoms with E-state index in [4.69, 9.17) is 0 Å². The van der Waals surface area contributed by atoms with Gasteiger partial charge in [0.05, 0.1) is 5.56 Å². The molecule has 212 valence electrons. The average Bonchev–Trinajstić information content (AvgIpc) is 3.48. The molecule has 2 atom stereocenters. The van der Waals surface area contributed by atoms with E-state index < -0.39 is 19.0 Å². The van der Waals surface area contributed by atoms with Crippen LogP contribution in [0.2, 0.25) is 0 Å². The summed E-state index contributed by atoms with van der Waals surface area (Å²) in [5.41, 5.74) is -0.0101. The van der Waals surface area contributed by atoms with Crippen molar-refractivity contribution in [2.75, 3.05) is 13.1 Å². The molecule has 0 bridgehead atoms. The lowest BCUT2D eigenvalue weighted by atomic mass is 9.92. The molecule has 42 heavy (non-hydrogen) atoms. The van der Waals surface area contributed by atoms with Crippen LogP contribution in [0.25, 0.3) is 21.5 Å². The lowest BCUT2D eigenvalue weighted by molar-refractivity contribution is 0.0780. The highest BCUT2D eigenvalue weighted by molar-refractivity contribution is 7.53. The van der Waals surface area contributed by atoms with Gasteiger partial charge in [-0.1, -0.05) is 97.1 Å². The second-order valence-electron chi connectivity index (χ2n) is 11.1. The first-order valence-electron chi connectivity index (χ1n) is 14.2. The lowest BCUT2D eigenvalue weighted by Crippen LogP contribution is -2.30. The van der Waals surface area contributed by atoms with Gasteiger partial charge >= 0.3 is 7.60 Å². The summed E-state index contributed by atoms with van der Waals surface area (Å²) in [5.74, 6) is -0.699. The summed E-state index contributed by atoms with van der Waals surface area (Å²) < 4.78 is 13.0. The summed E-state index contributed by atoms with van der Waals surface area (Å²) in [6.45, 7) is 1.15. The van der Waals surface area contributed by atoms with E-state index >= 15 is 0 Å². The molecular formula is C35H32NO5P. The largest absolute Gasteiger partial charge is 0.340 e. The maximum Gasteiger partial charge on any atom is 0.340 e. The van der Waals surface area contributed by atoms with Crippen molar-refractivity contribution in [3.63, 3.8) is 0 Å². The average molecular weight is 578 g/mol. The molecule has 0 spiro atoms. The van der Waals surface area contributed by atoms with Crippen LogP contribution in [0.5, 0.6) is 0 Å². The van der Waals surface area contributed by atoms with Gasteiger partial charge in [-0.2, -0.15) is 0 Å².